The van der Waals surface area contributed by atoms with Crippen LogP contribution in [0.2, 0.25) is 0 Å². The van der Waals surface area contributed by atoms with Crippen LogP contribution in [-0.4, -0.2) is 45.2 Å². The standard InChI is InChI=1S/C24H32N4O4S/c1-15(2)11-16(13-29)12-25-22(30)20-19(17-8-10-33-14-17)27-21-18(7-6-9-28(20)21)26-23(31)32-24(3,4)5/h6-10,14-16,29H,11-13H2,1-5H3,(H,25,30)(H,26,31)/t16-/m1/s1. The molecule has 0 fully saturated rings. The highest BCUT2D eigenvalue weighted by Gasteiger charge is 2.24. The number of amides is 2. The van der Waals surface area contributed by atoms with Gasteiger partial charge in [-0.1, -0.05) is 13.8 Å². The molecule has 8 nitrogen and oxygen atoms in total. The number of pyridine rings is 1. The third kappa shape index (κ3) is 6.33. The van der Waals surface area contributed by atoms with E-state index in [0.29, 0.717) is 35.2 Å². The van der Waals surface area contributed by atoms with Gasteiger partial charge in [0.1, 0.15) is 17.0 Å². The van der Waals surface area contributed by atoms with E-state index in [0.717, 1.165) is 12.0 Å². The van der Waals surface area contributed by atoms with Crippen LogP contribution in [0.4, 0.5) is 10.5 Å². The molecule has 3 aromatic heterocycles. The molecule has 0 spiro atoms. The lowest BCUT2D eigenvalue weighted by atomic mass is 9.98. The number of aromatic nitrogens is 2. The first kappa shape index (κ1) is 24.7. The van der Waals surface area contributed by atoms with Gasteiger partial charge < -0.3 is 15.2 Å². The summed E-state index contributed by atoms with van der Waals surface area (Å²) in [5.41, 5.74) is 1.95. The highest BCUT2D eigenvalue weighted by atomic mass is 32.1. The normalized spacial score (nSPS) is 12.7. The monoisotopic (exact) mass is 472 g/mol. The molecule has 0 radical (unpaired) electrons. The molecule has 0 saturated carbocycles. The van der Waals surface area contributed by atoms with Gasteiger partial charge in [-0.3, -0.25) is 14.5 Å². The zero-order chi connectivity index (χ0) is 24.2. The van der Waals surface area contributed by atoms with Gasteiger partial charge in [-0.15, -0.1) is 0 Å². The average molecular weight is 473 g/mol. The van der Waals surface area contributed by atoms with Gasteiger partial charge in [-0.25, -0.2) is 9.78 Å². The molecule has 0 aliphatic carbocycles. The molecule has 0 saturated heterocycles. The Morgan fingerprint density at radius 2 is 2.03 bits per heavy atom. The lowest BCUT2D eigenvalue weighted by Crippen LogP contribution is -2.32. The van der Waals surface area contributed by atoms with Crippen molar-refractivity contribution >= 4 is 34.7 Å². The molecule has 0 aromatic carbocycles. The van der Waals surface area contributed by atoms with Crippen LogP contribution in [0, 0.1) is 11.8 Å². The zero-order valence-electron chi connectivity index (χ0n) is 19.7. The fourth-order valence-electron chi connectivity index (χ4n) is 3.61. The number of imidazole rings is 1. The SMILES string of the molecule is CC(C)C[C@@H](CO)CNC(=O)c1c(-c2ccsc2)nc2c(NC(=O)OC(C)(C)C)cccn12. The van der Waals surface area contributed by atoms with Crippen molar-refractivity contribution in [3.8, 4) is 11.3 Å². The molecule has 0 aliphatic heterocycles. The van der Waals surface area contributed by atoms with Crippen molar-refractivity contribution in [1.82, 2.24) is 14.7 Å². The third-order valence-electron chi connectivity index (χ3n) is 4.91. The number of hydrogen-bond acceptors (Lipinski definition) is 6. The first-order valence-corrected chi connectivity index (χ1v) is 12.0. The molecule has 0 unspecified atom stereocenters. The number of anilines is 1. The molecule has 2 amide bonds. The summed E-state index contributed by atoms with van der Waals surface area (Å²) in [4.78, 5) is 30.4. The van der Waals surface area contributed by atoms with E-state index in [9.17, 15) is 14.7 Å². The van der Waals surface area contributed by atoms with Crippen molar-refractivity contribution in [2.24, 2.45) is 11.8 Å². The Morgan fingerprint density at radius 3 is 2.64 bits per heavy atom. The number of nitrogens with zero attached hydrogens (tertiary/aromatic N) is 2. The molecule has 3 heterocycles. The number of aliphatic hydroxyl groups excluding tert-OH is 1. The number of thiophene rings is 1. The summed E-state index contributed by atoms with van der Waals surface area (Å²) in [6, 6.07) is 5.36. The topological polar surface area (TPSA) is 105 Å². The van der Waals surface area contributed by atoms with E-state index in [4.69, 9.17) is 9.72 Å². The average Bonchev–Trinajstić information content (AvgIpc) is 3.37. The van der Waals surface area contributed by atoms with E-state index in [1.165, 1.54) is 11.3 Å². The van der Waals surface area contributed by atoms with Gasteiger partial charge in [-0.05, 0) is 62.6 Å². The summed E-state index contributed by atoms with van der Waals surface area (Å²) in [6.07, 6.45) is 1.96. The maximum Gasteiger partial charge on any atom is 0.412 e. The Morgan fingerprint density at radius 1 is 1.27 bits per heavy atom. The van der Waals surface area contributed by atoms with Gasteiger partial charge >= 0.3 is 6.09 Å². The summed E-state index contributed by atoms with van der Waals surface area (Å²) >= 11 is 1.51. The number of ether oxygens (including phenoxy) is 1. The summed E-state index contributed by atoms with van der Waals surface area (Å²) in [5.74, 6) is 0.0974. The van der Waals surface area contributed by atoms with Crippen molar-refractivity contribution in [2.75, 3.05) is 18.5 Å². The van der Waals surface area contributed by atoms with Gasteiger partial charge in [0.2, 0.25) is 0 Å². The molecule has 0 bridgehead atoms. The van der Waals surface area contributed by atoms with E-state index in [2.05, 4.69) is 24.5 Å². The first-order valence-electron chi connectivity index (χ1n) is 11.0. The van der Waals surface area contributed by atoms with E-state index in [1.54, 1.807) is 43.5 Å². The Kier molecular flexibility index (Phi) is 7.76. The number of carbonyl (C=O) groups is 2. The Hall–Kier alpha value is -2.91. The van der Waals surface area contributed by atoms with E-state index >= 15 is 0 Å². The molecule has 3 aromatic rings. The lowest BCUT2D eigenvalue weighted by molar-refractivity contribution is 0.0636. The Labute approximate surface area is 198 Å². The van der Waals surface area contributed by atoms with Crippen LogP contribution in [0.15, 0.2) is 35.2 Å². The van der Waals surface area contributed by atoms with Crippen LogP contribution < -0.4 is 10.6 Å². The minimum absolute atomic E-state index is 0.00690. The predicted octanol–water partition coefficient (Wildman–Crippen LogP) is 4.79. The second kappa shape index (κ2) is 10.4. The van der Waals surface area contributed by atoms with Crippen LogP contribution in [-0.2, 0) is 4.74 Å². The molecule has 3 rings (SSSR count). The first-order chi connectivity index (χ1) is 15.6. The molecule has 178 valence electrons. The maximum atomic E-state index is 13.3. The molecule has 33 heavy (non-hydrogen) atoms. The minimum Gasteiger partial charge on any atom is -0.444 e. The highest BCUT2D eigenvalue weighted by Crippen LogP contribution is 2.29. The lowest BCUT2D eigenvalue weighted by Gasteiger charge is -2.19. The number of carbonyl (C=O) groups excluding carboxylic acids is 2. The molecule has 0 aliphatic rings. The number of nitrogens with one attached hydrogen (secondary N) is 2. The van der Waals surface area contributed by atoms with Gasteiger partial charge in [0.15, 0.2) is 5.65 Å². The fourth-order valence-corrected chi connectivity index (χ4v) is 4.25. The van der Waals surface area contributed by atoms with Crippen molar-refractivity contribution in [3.05, 3.63) is 40.8 Å². The van der Waals surface area contributed by atoms with Crippen LogP contribution in [0.1, 0.15) is 51.5 Å². The fraction of sp³-hybridized carbons (Fsp3) is 0.458. The van der Waals surface area contributed by atoms with Gasteiger partial charge in [0.25, 0.3) is 5.91 Å². The van der Waals surface area contributed by atoms with Gasteiger partial charge in [-0.2, -0.15) is 11.3 Å². The zero-order valence-corrected chi connectivity index (χ0v) is 20.5. The number of rotatable bonds is 8. The molecule has 3 N–H and O–H groups in total. The Bertz CT molecular complexity index is 1100. The summed E-state index contributed by atoms with van der Waals surface area (Å²) in [7, 11) is 0. The van der Waals surface area contributed by atoms with Crippen molar-refractivity contribution < 1.29 is 19.4 Å². The smallest absolute Gasteiger partial charge is 0.412 e. The molecular weight excluding hydrogens is 440 g/mol. The summed E-state index contributed by atoms with van der Waals surface area (Å²) in [5, 5.41) is 19.2. The Balaban J connectivity index is 1.97. The van der Waals surface area contributed by atoms with Crippen LogP contribution in [0.25, 0.3) is 16.9 Å². The third-order valence-corrected chi connectivity index (χ3v) is 5.59. The molecular formula is C24H32N4O4S. The van der Waals surface area contributed by atoms with E-state index < -0.39 is 11.7 Å². The van der Waals surface area contributed by atoms with Gasteiger partial charge in [0.05, 0.1) is 5.69 Å². The minimum atomic E-state index is -0.642. The quantitative estimate of drug-likeness (QED) is 0.437. The molecule has 9 heteroatoms. The number of fused-ring (bicyclic) bond motifs is 1. The van der Waals surface area contributed by atoms with Crippen molar-refractivity contribution in [2.45, 2.75) is 46.6 Å². The number of aliphatic hydroxyl groups is 1. The summed E-state index contributed by atoms with van der Waals surface area (Å²) in [6.45, 7) is 9.91. The van der Waals surface area contributed by atoms with E-state index in [-0.39, 0.29) is 18.4 Å². The van der Waals surface area contributed by atoms with Crippen LogP contribution >= 0.6 is 11.3 Å². The largest absolute Gasteiger partial charge is 0.444 e. The second-order valence-corrected chi connectivity index (χ2v) is 10.2. The predicted molar refractivity (Wildman–Crippen MR) is 131 cm³/mol. The summed E-state index contributed by atoms with van der Waals surface area (Å²) < 4.78 is 7.04. The van der Waals surface area contributed by atoms with E-state index in [1.807, 2.05) is 16.8 Å². The molecule has 1 atom stereocenters. The highest BCUT2D eigenvalue weighted by molar-refractivity contribution is 7.08. The second-order valence-electron chi connectivity index (χ2n) is 9.45. The van der Waals surface area contributed by atoms with Crippen LogP contribution in [0.5, 0.6) is 0 Å². The van der Waals surface area contributed by atoms with Crippen LogP contribution in [0.3, 0.4) is 0 Å². The maximum absolute atomic E-state index is 13.3. The van der Waals surface area contributed by atoms with Gasteiger partial charge in [0, 0.05) is 30.3 Å². The van der Waals surface area contributed by atoms with Crippen molar-refractivity contribution in [3.63, 3.8) is 0 Å². The number of hydrogen-bond donors (Lipinski definition) is 3. The van der Waals surface area contributed by atoms with Crippen molar-refractivity contribution in [1.29, 1.82) is 0 Å².